The summed E-state index contributed by atoms with van der Waals surface area (Å²) in [4.78, 5) is 3.69. The number of rotatable bonds is 1. The lowest BCUT2D eigenvalue weighted by atomic mass is 10.0. The van der Waals surface area contributed by atoms with Gasteiger partial charge in [-0.15, -0.1) is 5.73 Å². The van der Waals surface area contributed by atoms with Crippen molar-refractivity contribution >= 4 is 5.57 Å². The highest BCUT2D eigenvalue weighted by atomic mass is 19.1. The van der Waals surface area contributed by atoms with Gasteiger partial charge in [0.2, 0.25) is 0 Å². The molecule has 0 saturated heterocycles. The van der Waals surface area contributed by atoms with Crippen LogP contribution in [-0.2, 0) is 0 Å². The number of alkyl halides is 1. The third-order valence-electron chi connectivity index (χ3n) is 1.95. The molecule has 4 heteroatoms. The van der Waals surface area contributed by atoms with Gasteiger partial charge in [0.25, 0.3) is 0 Å². The predicted molar refractivity (Wildman–Crippen MR) is 49.8 cm³/mol. The van der Waals surface area contributed by atoms with E-state index in [1.54, 1.807) is 0 Å². The van der Waals surface area contributed by atoms with Crippen LogP contribution in [0.3, 0.4) is 0 Å². The maximum Gasteiger partial charge on any atom is 0.156 e. The fourth-order valence-corrected chi connectivity index (χ4v) is 1.25. The van der Waals surface area contributed by atoms with Gasteiger partial charge in [0.1, 0.15) is 11.6 Å². The van der Waals surface area contributed by atoms with Gasteiger partial charge >= 0.3 is 0 Å². The lowest BCUT2D eigenvalue weighted by Crippen LogP contribution is -2.04. The lowest BCUT2D eigenvalue weighted by molar-refractivity contribution is 0.468. The Morgan fingerprint density at radius 2 is 2.07 bits per heavy atom. The number of pyridine rings is 1. The van der Waals surface area contributed by atoms with E-state index in [1.807, 2.05) is 0 Å². The zero-order valence-corrected chi connectivity index (χ0v) is 7.55. The zero-order valence-electron chi connectivity index (χ0n) is 7.55. The summed E-state index contributed by atoms with van der Waals surface area (Å²) in [6, 6.07) is 2.49. The van der Waals surface area contributed by atoms with E-state index in [-0.39, 0.29) is 11.3 Å². The van der Waals surface area contributed by atoms with Crippen molar-refractivity contribution in [2.45, 2.75) is 6.17 Å². The number of allylic oxidation sites excluding steroid dienone is 3. The molecule has 1 unspecified atom stereocenters. The van der Waals surface area contributed by atoms with Crippen molar-refractivity contribution in [2.24, 2.45) is 0 Å². The Morgan fingerprint density at radius 1 is 1.27 bits per heavy atom. The third-order valence-corrected chi connectivity index (χ3v) is 1.95. The second-order valence-corrected chi connectivity index (χ2v) is 3.02. The van der Waals surface area contributed by atoms with Gasteiger partial charge in [0.15, 0.2) is 6.17 Å². The summed E-state index contributed by atoms with van der Waals surface area (Å²) in [5.41, 5.74) is 2.80. The van der Waals surface area contributed by atoms with Crippen molar-refractivity contribution in [1.82, 2.24) is 4.98 Å². The van der Waals surface area contributed by atoms with Crippen LogP contribution in [0, 0.1) is 5.82 Å². The first-order valence-corrected chi connectivity index (χ1v) is 4.27. The molecule has 0 bridgehead atoms. The minimum Gasteiger partial charge on any atom is -0.253 e. The van der Waals surface area contributed by atoms with E-state index in [4.69, 9.17) is 0 Å². The van der Waals surface area contributed by atoms with Gasteiger partial charge < -0.3 is 0 Å². The van der Waals surface area contributed by atoms with Crippen molar-refractivity contribution in [2.75, 3.05) is 0 Å². The van der Waals surface area contributed by atoms with Crippen molar-refractivity contribution in [1.29, 1.82) is 0 Å². The molecule has 1 atom stereocenters. The number of nitrogens with zero attached hydrogens (tertiary/aromatic N) is 1. The molecule has 15 heavy (non-hydrogen) atoms. The van der Waals surface area contributed by atoms with Gasteiger partial charge in [-0.1, -0.05) is 0 Å². The first kappa shape index (κ1) is 9.74. The normalized spacial score (nSPS) is 19.8. The molecule has 1 aromatic heterocycles. The first-order chi connectivity index (χ1) is 7.16. The molecule has 1 heterocycles. The molecule has 1 aliphatic rings. The van der Waals surface area contributed by atoms with E-state index in [2.05, 4.69) is 10.7 Å². The minimum atomic E-state index is -1.59. The Kier molecular flexibility index (Phi) is 2.44. The van der Waals surface area contributed by atoms with Crippen LogP contribution in [0.25, 0.3) is 5.57 Å². The molecule has 2 rings (SSSR count). The first-order valence-electron chi connectivity index (χ1n) is 4.27. The highest BCUT2D eigenvalue weighted by molar-refractivity contribution is 5.69. The van der Waals surface area contributed by atoms with E-state index in [1.165, 1.54) is 12.1 Å². The second-order valence-electron chi connectivity index (χ2n) is 3.02. The molecule has 0 radical (unpaired) electrons. The fraction of sp³-hybridized carbons (Fsp3) is 0.0909. The van der Waals surface area contributed by atoms with E-state index >= 15 is 0 Å². The van der Waals surface area contributed by atoms with Gasteiger partial charge in [-0.25, -0.2) is 13.2 Å². The Morgan fingerprint density at radius 3 is 2.67 bits per heavy atom. The third kappa shape index (κ3) is 2.00. The van der Waals surface area contributed by atoms with Gasteiger partial charge in [-0.3, -0.25) is 4.98 Å². The Balaban J connectivity index is 2.41. The SMILES string of the molecule is FC1=CC(F)C(c2ccc(F)cn2)=C=C1. The van der Waals surface area contributed by atoms with Gasteiger partial charge in [0, 0.05) is 6.08 Å². The summed E-state index contributed by atoms with van der Waals surface area (Å²) in [5.74, 6) is -1.18. The molecule has 1 aliphatic carbocycles. The summed E-state index contributed by atoms with van der Waals surface area (Å²) in [5, 5.41) is 0. The van der Waals surface area contributed by atoms with Crippen LogP contribution in [0.4, 0.5) is 13.2 Å². The van der Waals surface area contributed by atoms with Crippen LogP contribution in [0.1, 0.15) is 5.69 Å². The highest BCUT2D eigenvalue weighted by Gasteiger charge is 2.17. The molecule has 0 N–H and O–H groups in total. The molecular formula is C11H6F3N. The van der Waals surface area contributed by atoms with Crippen molar-refractivity contribution in [3.8, 4) is 0 Å². The average molecular weight is 209 g/mol. The van der Waals surface area contributed by atoms with Crippen LogP contribution in [0.15, 0.2) is 42.0 Å². The fourth-order valence-electron chi connectivity index (χ4n) is 1.25. The van der Waals surface area contributed by atoms with Crippen LogP contribution in [0.2, 0.25) is 0 Å². The Bertz CT molecular complexity index is 467. The van der Waals surface area contributed by atoms with Crippen molar-refractivity contribution < 1.29 is 13.2 Å². The Labute approximate surface area is 84.3 Å². The minimum absolute atomic E-state index is 0.108. The number of hydrogen-bond acceptors (Lipinski definition) is 1. The van der Waals surface area contributed by atoms with E-state index < -0.39 is 17.8 Å². The topological polar surface area (TPSA) is 12.9 Å². The average Bonchev–Trinajstić information content (AvgIpc) is 2.20. The van der Waals surface area contributed by atoms with Gasteiger partial charge in [-0.05, 0) is 18.2 Å². The summed E-state index contributed by atoms with van der Waals surface area (Å²) in [7, 11) is 0. The summed E-state index contributed by atoms with van der Waals surface area (Å²) in [6.45, 7) is 0. The van der Waals surface area contributed by atoms with E-state index in [0.29, 0.717) is 0 Å². The summed E-state index contributed by atoms with van der Waals surface area (Å²) >= 11 is 0. The molecule has 0 aliphatic heterocycles. The van der Waals surface area contributed by atoms with E-state index in [9.17, 15) is 13.2 Å². The summed E-state index contributed by atoms with van der Waals surface area (Å²) in [6.07, 6.45) is 1.23. The number of hydrogen-bond donors (Lipinski definition) is 0. The Hall–Kier alpha value is -1.80. The highest BCUT2D eigenvalue weighted by Crippen LogP contribution is 2.23. The molecule has 0 spiro atoms. The van der Waals surface area contributed by atoms with Crippen LogP contribution in [-0.4, -0.2) is 11.2 Å². The van der Waals surface area contributed by atoms with E-state index in [0.717, 1.165) is 18.3 Å². The molecule has 0 amide bonds. The standard InChI is InChI=1S/C11H6F3N/c12-7-1-3-9(10(14)5-7)11-4-2-8(13)6-15-11/h1-2,4-6,10H. The quantitative estimate of drug-likeness (QED) is 0.648. The molecule has 0 saturated carbocycles. The maximum absolute atomic E-state index is 13.3. The largest absolute Gasteiger partial charge is 0.253 e. The van der Waals surface area contributed by atoms with Crippen LogP contribution in [0.5, 0.6) is 0 Å². The van der Waals surface area contributed by atoms with Crippen LogP contribution < -0.4 is 0 Å². The molecule has 1 nitrogen and oxygen atoms in total. The molecule has 76 valence electrons. The smallest absolute Gasteiger partial charge is 0.156 e. The maximum atomic E-state index is 13.3. The molecule has 0 fully saturated rings. The van der Waals surface area contributed by atoms with Crippen LogP contribution >= 0.6 is 0 Å². The zero-order chi connectivity index (χ0) is 10.8. The summed E-state index contributed by atoms with van der Waals surface area (Å²) < 4.78 is 38.5. The number of halogens is 3. The molecular weight excluding hydrogens is 203 g/mol. The second kappa shape index (κ2) is 3.75. The van der Waals surface area contributed by atoms with Gasteiger partial charge in [0.05, 0.1) is 17.5 Å². The molecule has 1 aromatic rings. The number of aromatic nitrogens is 1. The molecule has 0 aromatic carbocycles. The predicted octanol–water partition coefficient (Wildman–Crippen LogP) is 2.96. The van der Waals surface area contributed by atoms with Gasteiger partial charge in [-0.2, -0.15) is 0 Å². The monoisotopic (exact) mass is 209 g/mol. The van der Waals surface area contributed by atoms with Crippen molar-refractivity contribution in [3.05, 3.63) is 53.6 Å². The van der Waals surface area contributed by atoms with Crippen molar-refractivity contribution in [3.63, 3.8) is 0 Å². The lowest BCUT2D eigenvalue weighted by Gasteiger charge is -2.08.